The molecule has 0 aliphatic heterocycles. The highest BCUT2D eigenvalue weighted by Gasteiger charge is 2.24. The Morgan fingerprint density at radius 2 is 0.921 bits per heavy atom. The highest BCUT2D eigenvalue weighted by molar-refractivity contribution is 7.19. The van der Waals surface area contributed by atoms with Crippen LogP contribution in [0.4, 0.5) is 28.9 Å². The molecule has 38 heavy (non-hydrogen) atoms. The molecule has 0 bridgehead atoms. The van der Waals surface area contributed by atoms with Crippen LogP contribution in [0, 0.1) is 21.9 Å². The lowest BCUT2D eigenvalue weighted by atomic mass is 10.1. The van der Waals surface area contributed by atoms with Crippen molar-refractivity contribution in [1.29, 1.82) is 0 Å². The second-order valence-electron chi connectivity index (χ2n) is 8.61. The van der Waals surface area contributed by atoms with Crippen LogP contribution >= 0.6 is 22.7 Å². The SMILES string of the molecule is Fc1sc2c(c1F)c(=NNc1ccccc1)c1cc3c(cc12)c(=NNc1ccccc1)c1c(F)c(F)sc13. The summed E-state index contributed by atoms with van der Waals surface area (Å²) in [6, 6.07) is 21.6. The van der Waals surface area contributed by atoms with Crippen LogP contribution in [0.15, 0.2) is 83.0 Å². The topological polar surface area (TPSA) is 48.8 Å². The Balaban J connectivity index is 1.56. The summed E-state index contributed by atoms with van der Waals surface area (Å²) in [7, 11) is 0. The lowest BCUT2D eigenvalue weighted by Gasteiger charge is -2.00. The quantitative estimate of drug-likeness (QED) is 0.176. The van der Waals surface area contributed by atoms with E-state index in [-0.39, 0.29) is 21.5 Å². The molecule has 7 aromatic rings. The van der Waals surface area contributed by atoms with Crippen LogP contribution in [0.3, 0.4) is 0 Å². The number of fused-ring (bicyclic) bond motifs is 6. The van der Waals surface area contributed by atoms with E-state index in [2.05, 4.69) is 21.1 Å². The van der Waals surface area contributed by atoms with Crippen LogP contribution < -0.4 is 21.6 Å². The normalized spacial score (nSPS) is 13.1. The molecule has 0 spiro atoms. The van der Waals surface area contributed by atoms with Crippen molar-refractivity contribution < 1.29 is 17.6 Å². The number of anilines is 2. The third-order valence-corrected chi connectivity index (χ3v) is 8.37. The van der Waals surface area contributed by atoms with Gasteiger partial charge < -0.3 is 0 Å². The maximum absolute atomic E-state index is 15.0. The first-order valence-electron chi connectivity index (χ1n) is 11.4. The van der Waals surface area contributed by atoms with E-state index in [1.54, 1.807) is 36.4 Å². The molecule has 0 saturated heterocycles. The minimum absolute atomic E-state index is 0.0549. The van der Waals surface area contributed by atoms with E-state index < -0.39 is 21.9 Å². The van der Waals surface area contributed by atoms with Gasteiger partial charge in [0.2, 0.25) is 10.3 Å². The van der Waals surface area contributed by atoms with Crippen LogP contribution in [-0.4, -0.2) is 0 Å². The van der Waals surface area contributed by atoms with Crippen molar-refractivity contribution in [2.75, 3.05) is 10.9 Å². The summed E-state index contributed by atoms with van der Waals surface area (Å²) in [4.78, 5) is 0. The zero-order valence-corrected chi connectivity index (χ0v) is 20.8. The van der Waals surface area contributed by atoms with Crippen LogP contribution in [0.2, 0.25) is 0 Å². The van der Waals surface area contributed by atoms with Crippen molar-refractivity contribution in [3.05, 3.63) is 105 Å². The smallest absolute Gasteiger partial charge is 0.213 e. The van der Waals surface area contributed by atoms with Crippen molar-refractivity contribution in [2.45, 2.75) is 0 Å². The molecule has 0 atom stereocenters. The fourth-order valence-corrected chi connectivity index (χ4v) is 6.58. The van der Waals surface area contributed by atoms with Gasteiger partial charge in [0.1, 0.15) is 10.7 Å². The third-order valence-electron chi connectivity index (χ3n) is 6.39. The Kier molecular flexibility index (Phi) is 5.20. The number of para-hydroxylation sites is 2. The predicted octanol–water partition coefficient (Wildman–Crippen LogP) is 7.71. The average Bonchev–Trinajstić information content (AvgIpc) is 3.60. The molecule has 0 radical (unpaired) electrons. The number of hydrogen-bond acceptors (Lipinski definition) is 6. The molecule has 5 aromatic carbocycles. The molecule has 7 rings (SSSR count). The first-order valence-corrected chi connectivity index (χ1v) is 13.1. The third kappa shape index (κ3) is 3.41. The van der Waals surface area contributed by atoms with Gasteiger partial charge in [0.05, 0.1) is 31.5 Å². The largest absolute Gasteiger partial charge is 0.278 e. The molecule has 0 saturated carbocycles. The van der Waals surface area contributed by atoms with Crippen molar-refractivity contribution in [3.63, 3.8) is 0 Å². The average molecular weight is 547 g/mol. The van der Waals surface area contributed by atoms with Crippen molar-refractivity contribution in [2.24, 2.45) is 10.2 Å². The molecule has 2 heterocycles. The summed E-state index contributed by atoms with van der Waals surface area (Å²) in [5, 5.41) is 9.66. The van der Waals surface area contributed by atoms with Crippen molar-refractivity contribution >= 4 is 75.8 Å². The van der Waals surface area contributed by atoms with Gasteiger partial charge in [0, 0.05) is 21.5 Å². The van der Waals surface area contributed by atoms with Crippen molar-refractivity contribution in [3.8, 4) is 0 Å². The monoisotopic (exact) mass is 546 g/mol. The molecular weight excluding hydrogens is 532 g/mol. The first-order chi connectivity index (χ1) is 18.5. The van der Waals surface area contributed by atoms with E-state index in [0.29, 0.717) is 65.0 Å². The van der Waals surface area contributed by atoms with Gasteiger partial charge in [-0.05, 0) is 36.4 Å². The molecule has 10 heteroatoms. The van der Waals surface area contributed by atoms with E-state index >= 15 is 0 Å². The van der Waals surface area contributed by atoms with E-state index in [0.717, 1.165) is 0 Å². The van der Waals surface area contributed by atoms with Gasteiger partial charge in [-0.15, -0.1) is 22.7 Å². The van der Waals surface area contributed by atoms with Crippen molar-refractivity contribution in [1.82, 2.24) is 0 Å². The summed E-state index contributed by atoms with van der Waals surface area (Å²) >= 11 is 1.37. The molecular formula is C28H14F4N4S2. The second kappa shape index (κ2) is 8.64. The van der Waals surface area contributed by atoms with E-state index in [4.69, 9.17) is 0 Å². The first kappa shape index (κ1) is 22.9. The minimum Gasteiger partial charge on any atom is -0.278 e. The van der Waals surface area contributed by atoms with Gasteiger partial charge in [0.25, 0.3) is 0 Å². The molecule has 4 nitrogen and oxygen atoms in total. The fourth-order valence-electron chi connectivity index (χ4n) is 4.70. The van der Waals surface area contributed by atoms with Gasteiger partial charge in [-0.25, -0.2) is 8.78 Å². The molecule has 0 aliphatic rings. The number of benzene rings is 3. The van der Waals surface area contributed by atoms with Gasteiger partial charge in [-0.1, -0.05) is 36.4 Å². The maximum Gasteiger partial charge on any atom is 0.213 e. The van der Waals surface area contributed by atoms with Gasteiger partial charge in [0.15, 0.2) is 11.6 Å². The molecule has 0 aliphatic carbocycles. The second-order valence-corrected chi connectivity index (χ2v) is 10.5. The Hall–Kier alpha value is -4.28. The lowest BCUT2D eigenvalue weighted by molar-refractivity contribution is 0.537. The van der Waals surface area contributed by atoms with Gasteiger partial charge >= 0.3 is 0 Å². The highest BCUT2D eigenvalue weighted by Crippen LogP contribution is 2.39. The Bertz CT molecular complexity index is 1970. The number of nitrogens with zero attached hydrogens (tertiary/aromatic N) is 2. The Labute approximate surface area is 219 Å². The number of hydrogen-bond donors (Lipinski definition) is 2. The molecule has 0 fully saturated rings. The predicted molar refractivity (Wildman–Crippen MR) is 146 cm³/mol. The number of nitrogens with one attached hydrogen (secondary N) is 2. The van der Waals surface area contributed by atoms with Crippen LogP contribution in [-0.2, 0) is 0 Å². The lowest BCUT2D eigenvalue weighted by Crippen LogP contribution is -2.06. The number of thiophene rings is 2. The fraction of sp³-hybridized carbons (Fsp3) is 0. The molecule has 0 unspecified atom stereocenters. The summed E-state index contributed by atoms with van der Waals surface area (Å²) in [5.41, 5.74) is 7.14. The summed E-state index contributed by atoms with van der Waals surface area (Å²) < 4.78 is 59.5. The summed E-state index contributed by atoms with van der Waals surface area (Å²) in [5.74, 6) is -1.97. The van der Waals surface area contributed by atoms with Gasteiger partial charge in [-0.2, -0.15) is 19.0 Å². The molecule has 0 amide bonds. The zero-order valence-electron chi connectivity index (χ0n) is 19.2. The number of rotatable bonds is 4. The standard InChI is InChI=1S/C28H14F4N4S2/c29-21-19-23(35-33-13-7-3-1-4-8-13)15-11-18-16(12-17(15)25(19)37-27(21)31)24(20-22(30)28(32)38-26(18)20)36-34-14-9-5-2-6-10-14/h1-12,33-34H. The van der Waals surface area contributed by atoms with Crippen LogP contribution in [0.5, 0.6) is 0 Å². The van der Waals surface area contributed by atoms with Crippen LogP contribution in [0.25, 0.3) is 41.7 Å². The highest BCUT2D eigenvalue weighted by atomic mass is 32.1. The molecule has 2 aromatic heterocycles. The molecule has 2 N–H and O–H groups in total. The minimum atomic E-state index is -0.983. The zero-order chi connectivity index (χ0) is 26.0. The summed E-state index contributed by atoms with van der Waals surface area (Å²) in [6.07, 6.45) is 0. The van der Waals surface area contributed by atoms with E-state index in [1.807, 2.05) is 36.4 Å². The molecule has 186 valence electrons. The van der Waals surface area contributed by atoms with Crippen LogP contribution in [0.1, 0.15) is 0 Å². The Morgan fingerprint density at radius 1 is 0.526 bits per heavy atom. The summed E-state index contributed by atoms with van der Waals surface area (Å²) in [6.45, 7) is 0. The van der Waals surface area contributed by atoms with Gasteiger partial charge in [-0.3, -0.25) is 10.9 Å². The van der Waals surface area contributed by atoms with E-state index in [9.17, 15) is 17.6 Å². The maximum atomic E-state index is 15.0. The van der Waals surface area contributed by atoms with E-state index in [1.165, 1.54) is 0 Å². The number of halogens is 4. The Morgan fingerprint density at radius 3 is 1.32 bits per heavy atom.